The van der Waals surface area contributed by atoms with Crippen LogP contribution in [0.5, 0.6) is 0 Å². The van der Waals surface area contributed by atoms with Crippen LogP contribution in [-0.4, -0.2) is 15.4 Å². The van der Waals surface area contributed by atoms with E-state index in [1.165, 1.54) is 0 Å². The van der Waals surface area contributed by atoms with Gasteiger partial charge in [-0.2, -0.15) is 0 Å². The van der Waals surface area contributed by atoms with Crippen LogP contribution in [0, 0.1) is 13.8 Å². The molecule has 0 aliphatic rings. The Labute approximate surface area is 92.8 Å². The van der Waals surface area contributed by atoms with E-state index in [1.54, 1.807) is 6.92 Å². The van der Waals surface area contributed by atoms with Crippen molar-refractivity contribution in [1.29, 1.82) is 0 Å². The summed E-state index contributed by atoms with van der Waals surface area (Å²) in [6.07, 6.45) is 0.529. The van der Waals surface area contributed by atoms with Crippen molar-refractivity contribution in [3.05, 3.63) is 28.8 Å². The zero-order valence-corrected chi connectivity index (χ0v) is 9.52. The van der Waals surface area contributed by atoms with E-state index in [0.29, 0.717) is 18.2 Å². The summed E-state index contributed by atoms with van der Waals surface area (Å²) in [6, 6.07) is -0.245. The molecular weight excluding hydrogens is 208 g/mol. The number of nitrogens with zero attached hydrogens (tertiary/aromatic N) is 3. The van der Waals surface area contributed by atoms with Crippen molar-refractivity contribution in [3.63, 3.8) is 0 Å². The first-order chi connectivity index (χ1) is 7.58. The van der Waals surface area contributed by atoms with E-state index in [2.05, 4.69) is 15.4 Å². The lowest BCUT2D eigenvalue weighted by atomic mass is 10.1. The highest BCUT2D eigenvalue weighted by atomic mass is 16.5. The third-order valence-electron chi connectivity index (χ3n) is 2.38. The molecule has 2 N–H and O–H groups in total. The number of rotatable bonds is 3. The summed E-state index contributed by atoms with van der Waals surface area (Å²) in [4.78, 5) is 0. The lowest BCUT2D eigenvalue weighted by Gasteiger charge is -1.96. The fourth-order valence-electron chi connectivity index (χ4n) is 1.43. The molecule has 2 heterocycles. The van der Waals surface area contributed by atoms with Gasteiger partial charge in [0.2, 0.25) is 11.8 Å². The molecular formula is C10H14N4O2. The van der Waals surface area contributed by atoms with E-state index in [-0.39, 0.29) is 6.04 Å². The molecule has 0 aliphatic carbocycles. The molecule has 86 valence electrons. The second-order valence-corrected chi connectivity index (χ2v) is 3.80. The highest BCUT2D eigenvalue weighted by Crippen LogP contribution is 2.17. The Bertz CT molecular complexity index is 467. The molecule has 0 amide bonds. The SMILES string of the molecule is Cc1noc(C)c1Cc1nnc([C@H](C)N)o1. The zero-order valence-electron chi connectivity index (χ0n) is 9.52. The predicted molar refractivity (Wildman–Crippen MR) is 55.7 cm³/mol. The molecule has 1 atom stereocenters. The van der Waals surface area contributed by atoms with Crippen molar-refractivity contribution < 1.29 is 8.94 Å². The van der Waals surface area contributed by atoms with Crippen LogP contribution in [0.1, 0.15) is 41.8 Å². The quantitative estimate of drug-likeness (QED) is 0.841. The molecule has 2 aromatic heterocycles. The summed E-state index contributed by atoms with van der Waals surface area (Å²) >= 11 is 0. The number of hydrogen-bond donors (Lipinski definition) is 1. The van der Waals surface area contributed by atoms with Crippen LogP contribution < -0.4 is 5.73 Å². The maximum absolute atomic E-state index is 5.63. The number of aromatic nitrogens is 3. The monoisotopic (exact) mass is 222 g/mol. The molecule has 6 heteroatoms. The molecule has 0 saturated heterocycles. The predicted octanol–water partition coefficient (Wildman–Crippen LogP) is 1.28. The average molecular weight is 222 g/mol. The van der Waals surface area contributed by atoms with Crippen LogP contribution in [0.25, 0.3) is 0 Å². The first kappa shape index (κ1) is 10.8. The maximum Gasteiger partial charge on any atom is 0.232 e. The van der Waals surface area contributed by atoms with E-state index in [1.807, 2.05) is 13.8 Å². The normalized spacial score (nSPS) is 13.0. The van der Waals surface area contributed by atoms with Gasteiger partial charge >= 0.3 is 0 Å². The number of aryl methyl sites for hydroxylation is 2. The topological polar surface area (TPSA) is 91.0 Å². The molecule has 6 nitrogen and oxygen atoms in total. The van der Waals surface area contributed by atoms with E-state index >= 15 is 0 Å². The van der Waals surface area contributed by atoms with Gasteiger partial charge in [0.05, 0.1) is 18.2 Å². The summed E-state index contributed by atoms with van der Waals surface area (Å²) in [6.45, 7) is 5.54. The standard InChI is InChI=1S/C10H14N4O2/c1-5(11)10-13-12-9(15-10)4-8-6(2)14-16-7(8)3/h5H,4,11H2,1-3H3/t5-/m0/s1. The molecule has 2 rings (SSSR count). The van der Waals surface area contributed by atoms with Gasteiger partial charge in [0.1, 0.15) is 5.76 Å². The average Bonchev–Trinajstić information content (AvgIpc) is 2.80. The Morgan fingerprint density at radius 2 is 2.06 bits per heavy atom. The van der Waals surface area contributed by atoms with Gasteiger partial charge in [-0.1, -0.05) is 5.16 Å². The molecule has 16 heavy (non-hydrogen) atoms. The first-order valence-corrected chi connectivity index (χ1v) is 5.07. The highest BCUT2D eigenvalue weighted by Gasteiger charge is 2.15. The summed E-state index contributed by atoms with van der Waals surface area (Å²) in [7, 11) is 0. The molecule has 0 saturated carbocycles. The Hall–Kier alpha value is -1.69. The third-order valence-corrected chi connectivity index (χ3v) is 2.38. The van der Waals surface area contributed by atoms with Crippen molar-refractivity contribution in [3.8, 4) is 0 Å². The second kappa shape index (κ2) is 4.05. The Morgan fingerprint density at radius 1 is 1.31 bits per heavy atom. The molecule has 0 aliphatic heterocycles. The largest absolute Gasteiger partial charge is 0.423 e. The Balaban J connectivity index is 2.21. The summed E-state index contributed by atoms with van der Waals surface area (Å²) in [5.74, 6) is 1.75. The van der Waals surface area contributed by atoms with Crippen LogP contribution in [0.2, 0.25) is 0 Å². The minimum atomic E-state index is -0.245. The van der Waals surface area contributed by atoms with Gasteiger partial charge in [0.25, 0.3) is 0 Å². The minimum Gasteiger partial charge on any atom is -0.423 e. The lowest BCUT2D eigenvalue weighted by molar-refractivity contribution is 0.391. The van der Waals surface area contributed by atoms with Crippen molar-refractivity contribution in [1.82, 2.24) is 15.4 Å². The van der Waals surface area contributed by atoms with Crippen LogP contribution in [0.15, 0.2) is 8.94 Å². The number of hydrogen-bond acceptors (Lipinski definition) is 6. The summed E-state index contributed by atoms with van der Waals surface area (Å²) in [5, 5.41) is 11.7. The van der Waals surface area contributed by atoms with Gasteiger partial charge < -0.3 is 14.7 Å². The Morgan fingerprint density at radius 3 is 2.56 bits per heavy atom. The lowest BCUT2D eigenvalue weighted by Crippen LogP contribution is -2.04. The molecule has 0 spiro atoms. The van der Waals surface area contributed by atoms with Crippen LogP contribution >= 0.6 is 0 Å². The van der Waals surface area contributed by atoms with Gasteiger partial charge in [-0.15, -0.1) is 10.2 Å². The maximum atomic E-state index is 5.63. The van der Waals surface area contributed by atoms with Crippen LogP contribution in [-0.2, 0) is 6.42 Å². The van der Waals surface area contributed by atoms with E-state index in [0.717, 1.165) is 17.0 Å². The molecule has 2 aromatic rings. The smallest absolute Gasteiger partial charge is 0.232 e. The van der Waals surface area contributed by atoms with Crippen molar-refractivity contribution >= 4 is 0 Å². The van der Waals surface area contributed by atoms with Gasteiger partial charge in [0, 0.05) is 5.56 Å². The zero-order chi connectivity index (χ0) is 11.7. The second-order valence-electron chi connectivity index (χ2n) is 3.80. The van der Waals surface area contributed by atoms with Gasteiger partial charge in [-0.25, -0.2) is 0 Å². The highest BCUT2D eigenvalue weighted by molar-refractivity contribution is 5.23. The first-order valence-electron chi connectivity index (χ1n) is 5.07. The molecule has 0 radical (unpaired) electrons. The third kappa shape index (κ3) is 1.96. The van der Waals surface area contributed by atoms with E-state index in [9.17, 15) is 0 Å². The van der Waals surface area contributed by atoms with E-state index < -0.39 is 0 Å². The van der Waals surface area contributed by atoms with Gasteiger partial charge in [-0.05, 0) is 20.8 Å². The molecule has 0 bridgehead atoms. The number of nitrogens with two attached hydrogens (primary N) is 1. The molecule has 0 aromatic carbocycles. The van der Waals surface area contributed by atoms with Gasteiger partial charge in [-0.3, -0.25) is 0 Å². The molecule has 0 fully saturated rings. The Kier molecular flexibility index (Phi) is 2.74. The minimum absolute atomic E-state index is 0.245. The van der Waals surface area contributed by atoms with Crippen LogP contribution in [0.4, 0.5) is 0 Å². The molecule has 0 unspecified atom stereocenters. The van der Waals surface area contributed by atoms with Crippen molar-refractivity contribution in [2.24, 2.45) is 5.73 Å². The van der Waals surface area contributed by atoms with E-state index in [4.69, 9.17) is 14.7 Å². The fraction of sp³-hybridized carbons (Fsp3) is 0.500. The van der Waals surface area contributed by atoms with Crippen LogP contribution in [0.3, 0.4) is 0 Å². The summed E-state index contributed by atoms with van der Waals surface area (Å²) in [5.41, 5.74) is 7.46. The fourth-order valence-corrected chi connectivity index (χ4v) is 1.43. The van der Waals surface area contributed by atoms with Crippen molar-refractivity contribution in [2.75, 3.05) is 0 Å². The summed E-state index contributed by atoms with van der Waals surface area (Å²) < 4.78 is 10.5. The van der Waals surface area contributed by atoms with Crippen molar-refractivity contribution in [2.45, 2.75) is 33.2 Å². The van der Waals surface area contributed by atoms with Gasteiger partial charge in [0.15, 0.2) is 0 Å².